The van der Waals surface area contributed by atoms with Crippen LogP contribution in [0.25, 0.3) is 0 Å². The zero-order valence-electron chi connectivity index (χ0n) is 13.5. The summed E-state index contributed by atoms with van der Waals surface area (Å²) in [6.45, 7) is 5.88. The van der Waals surface area contributed by atoms with E-state index in [1.807, 2.05) is 0 Å². The van der Waals surface area contributed by atoms with E-state index in [1.165, 1.54) is 44.3 Å². The highest BCUT2D eigenvalue weighted by molar-refractivity contribution is 8.00. The fraction of sp³-hybridized carbons (Fsp3) is 0.684. The Balaban J connectivity index is 1.91. The smallest absolute Gasteiger partial charge is 0.0469 e. The molecule has 21 heavy (non-hydrogen) atoms. The molecule has 2 fully saturated rings. The van der Waals surface area contributed by atoms with Crippen LogP contribution in [-0.4, -0.2) is 17.0 Å². The zero-order chi connectivity index (χ0) is 14.7. The van der Waals surface area contributed by atoms with E-state index in [9.17, 15) is 0 Å². The molecule has 0 amide bonds. The summed E-state index contributed by atoms with van der Waals surface area (Å²) in [4.78, 5) is 0. The van der Waals surface area contributed by atoms with Crippen molar-refractivity contribution < 1.29 is 0 Å². The first kappa shape index (κ1) is 15.4. The molecule has 0 radical (unpaired) electrons. The van der Waals surface area contributed by atoms with Gasteiger partial charge in [-0.05, 0) is 68.4 Å². The van der Waals surface area contributed by atoms with Crippen LogP contribution in [0, 0.1) is 0 Å². The van der Waals surface area contributed by atoms with Crippen molar-refractivity contribution in [2.24, 2.45) is 0 Å². The van der Waals surface area contributed by atoms with Gasteiger partial charge in [-0.2, -0.15) is 11.8 Å². The Hall–Kier alpha value is -0.470. The zero-order valence-corrected chi connectivity index (χ0v) is 14.3. The maximum absolute atomic E-state index is 3.89. The number of nitrogens with one attached hydrogen (secondary N) is 1. The summed E-state index contributed by atoms with van der Waals surface area (Å²) in [7, 11) is 0. The van der Waals surface area contributed by atoms with E-state index in [0.29, 0.717) is 10.8 Å². The van der Waals surface area contributed by atoms with Crippen LogP contribution in [0.3, 0.4) is 0 Å². The molecule has 116 valence electrons. The third kappa shape index (κ3) is 3.17. The third-order valence-electron chi connectivity index (χ3n) is 5.31. The number of thioether (sulfide) groups is 1. The van der Waals surface area contributed by atoms with E-state index in [1.54, 1.807) is 11.1 Å². The normalized spacial score (nSPS) is 27.5. The lowest BCUT2D eigenvalue weighted by atomic mass is 9.75. The van der Waals surface area contributed by atoms with Crippen molar-refractivity contribution in [2.45, 2.75) is 69.1 Å². The second-order valence-electron chi connectivity index (χ2n) is 6.91. The maximum atomic E-state index is 3.89. The summed E-state index contributed by atoms with van der Waals surface area (Å²) in [6, 6.07) is 9.77. The first-order valence-corrected chi connectivity index (χ1v) is 9.69. The molecule has 1 aliphatic heterocycles. The highest BCUT2D eigenvalue weighted by Gasteiger charge is 2.40. The van der Waals surface area contributed by atoms with Gasteiger partial charge in [-0.1, -0.05) is 37.6 Å². The lowest BCUT2D eigenvalue weighted by Gasteiger charge is -2.38. The molecule has 3 rings (SSSR count). The molecule has 1 heterocycles. The molecular formula is C19H29NS. The second-order valence-corrected chi connectivity index (χ2v) is 8.54. The van der Waals surface area contributed by atoms with Gasteiger partial charge in [0.05, 0.1) is 0 Å². The van der Waals surface area contributed by atoms with Gasteiger partial charge < -0.3 is 5.32 Å². The molecule has 0 aromatic heterocycles. The molecule has 0 bridgehead atoms. The quantitative estimate of drug-likeness (QED) is 0.767. The van der Waals surface area contributed by atoms with Gasteiger partial charge in [0.25, 0.3) is 0 Å². The van der Waals surface area contributed by atoms with Crippen molar-refractivity contribution in [3.63, 3.8) is 0 Å². The van der Waals surface area contributed by atoms with E-state index in [0.717, 1.165) is 12.5 Å². The summed E-state index contributed by atoms with van der Waals surface area (Å²) in [5.41, 5.74) is 3.22. The van der Waals surface area contributed by atoms with Crippen LogP contribution in [0.5, 0.6) is 0 Å². The van der Waals surface area contributed by atoms with E-state index < -0.39 is 0 Å². The van der Waals surface area contributed by atoms with Crippen LogP contribution >= 0.6 is 11.8 Å². The Kier molecular flexibility index (Phi) is 4.96. The average Bonchev–Trinajstić information content (AvgIpc) is 2.87. The van der Waals surface area contributed by atoms with Crippen LogP contribution in [0.2, 0.25) is 0 Å². The summed E-state index contributed by atoms with van der Waals surface area (Å²) < 4.78 is 0.370. The minimum absolute atomic E-state index is 0.370. The standard InChI is InChI=1S/C19H29NS/c1-3-13-20-18(19(2)12-7-14-21-19)17-11-5-4-10-16(17)15-8-6-9-15/h4-5,10-11,15,18,20H,3,6-9,12-14H2,1-2H3. The van der Waals surface area contributed by atoms with Gasteiger partial charge in [0.2, 0.25) is 0 Å². The van der Waals surface area contributed by atoms with Crippen molar-refractivity contribution in [3.05, 3.63) is 35.4 Å². The summed E-state index contributed by atoms with van der Waals surface area (Å²) >= 11 is 2.18. The Morgan fingerprint density at radius 2 is 2.10 bits per heavy atom. The largest absolute Gasteiger partial charge is 0.309 e. The highest BCUT2D eigenvalue weighted by Crippen LogP contribution is 2.49. The van der Waals surface area contributed by atoms with Crippen molar-refractivity contribution in [2.75, 3.05) is 12.3 Å². The van der Waals surface area contributed by atoms with Crippen LogP contribution in [-0.2, 0) is 0 Å². The molecule has 0 spiro atoms. The first-order valence-electron chi connectivity index (χ1n) is 8.71. The van der Waals surface area contributed by atoms with Gasteiger partial charge in [0, 0.05) is 10.8 Å². The first-order chi connectivity index (χ1) is 10.2. The predicted octanol–water partition coefficient (Wildman–Crippen LogP) is 5.28. The fourth-order valence-electron chi connectivity index (χ4n) is 3.84. The van der Waals surface area contributed by atoms with Crippen LogP contribution in [0.4, 0.5) is 0 Å². The van der Waals surface area contributed by atoms with Crippen LogP contribution in [0.1, 0.15) is 75.5 Å². The molecule has 2 unspecified atom stereocenters. The lowest BCUT2D eigenvalue weighted by Crippen LogP contribution is -2.39. The van der Waals surface area contributed by atoms with Gasteiger partial charge in [-0.25, -0.2) is 0 Å². The van der Waals surface area contributed by atoms with Gasteiger partial charge in [0.15, 0.2) is 0 Å². The molecule has 1 aliphatic carbocycles. The second kappa shape index (κ2) is 6.75. The van der Waals surface area contributed by atoms with Crippen molar-refractivity contribution in [3.8, 4) is 0 Å². The van der Waals surface area contributed by atoms with Crippen molar-refractivity contribution in [1.82, 2.24) is 5.32 Å². The van der Waals surface area contributed by atoms with E-state index in [2.05, 4.69) is 55.2 Å². The Morgan fingerprint density at radius 1 is 1.29 bits per heavy atom. The molecular weight excluding hydrogens is 274 g/mol. The van der Waals surface area contributed by atoms with E-state index in [-0.39, 0.29) is 0 Å². The summed E-state index contributed by atoms with van der Waals surface area (Å²) in [5, 5.41) is 3.89. The Bertz CT molecular complexity index is 460. The van der Waals surface area contributed by atoms with Gasteiger partial charge in [-0.15, -0.1) is 0 Å². The Morgan fingerprint density at radius 3 is 2.71 bits per heavy atom. The molecule has 1 nitrogen and oxygen atoms in total. The average molecular weight is 304 g/mol. The van der Waals surface area contributed by atoms with Gasteiger partial charge in [0.1, 0.15) is 0 Å². The highest BCUT2D eigenvalue weighted by atomic mass is 32.2. The van der Waals surface area contributed by atoms with Crippen molar-refractivity contribution in [1.29, 1.82) is 0 Å². The van der Waals surface area contributed by atoms with Crippen molar-refractivity contribution >= 4 is 11.8 Å². The van der Waals surface area contributed by atoms with E-state index >= 15 is 0 Å². The lowest BCUT2D eigenvalue weighted by molar-refractivity contribution is 0.386. The van der Waals surface area contributed by atoms with E-state index in [4.69, 9.17) is 0 Å². The monoisotopic (exact) mass is 303 g/mol. The minimum atomic E-state index is 0.370. The topological polar surface area (TPSA) is 12.0 Å². The minimum Gasteiger partial charge on any atom is -0.309 e. The molecule has 2 atom stereocenters. The number of rotatable bonds is 6. The molecule has 1 aromatic rings. The summed E-state index contributed by atoms with van der Waals surface area (Å²) in [6.07, 6.45) is 8.12. The van der Waals surface area contributed by atoms with Crippen LogP contribution < -0.4 is 5.32 Å². The summed E-state index contributed by atoms with van der Waals surface area (Å²) in [5.74, 6) is 2.15. The molecule has 2 heteroatoms. The molecule has 1 saturated carbocycles. The molecule has 1 aromatic carbocycles. The number of hydrogen-bond donors (Lipinski definition) is 1. The van der Waals surface area contributed by atoms with Crippen LogP contribution in [0.15, 0.2) is 24.3 Å². The predicted molar refractivity (Wildman–Crippen MR) is 94.2 cm³/mol. The molecule has 1 saturated heterocycles. The third-order valence-corrected chi connectivity index (χ3v) is 6.90. The SMILES string of the molecule is CCCNC(c1ccccc1C1CCC1)C1(C)CCCS1. The number of hydrogen-bond acceptors (Lipinski definition) is 2. The van der Waals surface area contributed by atoms with Gasteiger partial charge >= 0.3 is 0 Å². The Labute approximate surface area is 134 Å². The molecule has 2 aliphatic rings. The maximum Gasteiger partial charge on any atom is 0.0469 e. The fourth-order valence-corrected chi connectivity index (χ4v) is 5.26. The molecule has 1 N–H and O–H groups in total. The number of benzene rings is 1. The van der Waals surface area contributed by atoms with Gasteiger partial charge in [-0.3, -0.25) is 0 Å².